The summed E-state index contributed by atoms with van der Waals surface area (Å²) in [4.78, 5) is 26.8. The molecule has 0 aliphatic rings. The van der Waals surface area contributed by atoms with Crippen molar-refractivity contribution in [3.05, 3.63) is 17.3 Å². The zero-order chi connectivity index (χ0) is 15.3. The fourth-order valence-electron chi connectivity index (χ4n) is 1.67. The molecule has 0 saturated heterocycles. The number of nitrogens with one attached hydrogen (secondary N) is 2. The molecule has 0 aromatic carbocycles. The van der Waals surface area contributed by atoms with Gasteiger partial charge in [0.15, 0.2) is 0 Å². The number of rotatable bonds is 6. The number of oxazole rings is 1. The van der Waals surface area contributed by atoms with E-state index in [4.69, 9.17) is 9.52 Å². The molecule has 3 N–H and O–H groups in total. The monoisotopic (exact) mass is 283 g/mol. The molecule has 0 aliphatic carbocycles. The van der Waals surface area contributed by atoms with Crippen LogP contribution >= 0.6 is 0 Å². The average Bonchev–Trinajstić information content (AvgIpc) is 2.65. The summed E-state index contributed by atoms with van der Waals surface area (Å²) in [5, 5.41) is 14.0. The number of carbonyl (C=O) groups excluding carboxylic acids is 1. The first-order valence-electron chi connectivity index (χ1n) is 6.49. The lowest BCUT2D eigenvalue weighted by atomic mass is 10.0. The maximum Gasteiger partial charge on any atom is 0.326 e. The van der Waals surface area contributed by atoms with Crippen LogP contribution in [0, 0.1) is 19.8 Å². The topological polar surface area (TPSA) is 104 Å². The molecule has 1 rings (SSSR count). The van der Waals surface area contributed by atoms with Crippen LogP contribution in [-0.4, -0.2) is 28.1 Å². The molecular formula is C13H21N3O4. The lowest BCUT2D eigenvalue weighted by Crippen LogP contribution is -2.46. The van der Waals surface area contributed by atoms with Gasteiger partial charge in [-0.15, -0.1) is 0 Å². The second-order valence-electron chi connectivity index (χ2n) is 5.10. The summed E-state index contributed by atoms with van der Waals surface area (Å²) in [6, 6.07) is -1.45. The number of aliphatic carboxylic acids is 1. The number of nitrogens with zero attached hydrogens (tertiary/aromatic N) is 1. The zero-order valence-corrected chi connectivity index (χ0v) is 12.2. The fourth-order valence-corrected chi connectivity index (χ4v) is 1.67. The second kappa shape index (κ2) is 6.93. The van der Waals surface area contributed by atoms with Crippen molar-refractivity contribution in [1.29, 1.82) is 0 Å². The van der Waals surface area contributed by atoms with Crippen molar-refractivity contribution in [3.63, 3.8) is 0 Å². The van der Waals surface area contributed by atoms with Gasteiger partial charge in [-0.3, -0.25) is 0 Å². The Morgan fingerprint density at radius 3 is 2.45 bits per heavy atom. The van der Waals surface area contributed by atoms with Gasteiger partial charge in [0.1, 0.15) is 11.8 Å². The number of amides is 2. The van der Waals surface area contributed by atoms with Crippen LogP contribution in [0.25, 0.3) is 0 Å². The molecule has 0 fully saturated rings. The molecule has 1 aromatic heterocycles. The van der Waals surface area contributed by atoms with Crippen molar-refractivity contribution in [2.75, 3.05) is 0 Å². The fraction of sp³-hybridized carbons (Fsp3) is 0.615. The standard InChI is InChI=1S/C13H21N3O4/c1-7(2)5-10(12(17)18)16-13(19)14-6-11-15-8(3)9(4)20-11/h7,10H,5-6H2,1-4H3,(H,17,18)(H2,14,16,19). The Hall–Kier alpha value is -2.05. The highest BCUT2D eigenvalue weighted by Crippen LogP contribution is 2.08. The molecule has 0 spiro atoms. The van der Waals surface area contributed by atoms with Crippen LogP contribution in [-0.2, 0) is 11.3 Å². The number of carboxylic acid groups (broad SMARTS) is 1. The van der Waals surface area contributed by atoms with E-state index >= 15 is 0 Å². The summed E-state index contributed by atoms with van der Waals surface area (Å²) in [7, 11) is 0. The van der Waals surface area contributed by atoms with E-state index in [2.05, 4.69) is 15.6 Å². The first kappa shape index (κ1) is 16.0. The molecule has 1 unspecified atom stereocenters. The molecule has 20 heavy (non-hydrogen) atoms. The molecule has 2 amide bonds. The predicted octanol–water partition coefficient (Wildman–Crippen LogP) is 1.59. The molecule has 0 bridgehead atoms. The highest BCUT2D eigenvalue weighted by molar-refractivity contribution is 5.82. The molecule has 0 aliphatic heterocycles. The number of carboxylic acids is 1. The minimum Gasteiger partial charge on any atom is -0.480 e. The first-order valence-corrected chi connectivity index (χ1v) is 6.49. The number of aryl methyl sites for hydroxylation is 2. The van der Waals surface area contributed by atoms with E-state index in [9.17, 15) is 9.59 Å². The Balaban J connectivity index is 2.47. The molecule has 7 heteroatoms. The second-order valence-corrected chi connectivity index (χ2v) is 5.10. The van der Waals surface area contributed by atoms with E-state index in [1.807, 2.05) is 20.8 Å². The van der Waals surface area contributed by atoms with Gasteiger partial charge in [0.05, 0.1) is 12.2 Å². The van der Waals surface area contributed by atoms with Gasteiger partial charge >= 0.3 is 12.0 Å². The van der Waals surface area contributed by atoms with E-state index in [1.165, 1.54) is 0 Å². The normalized spacial score (nSPS) is 12.2. The Morgan fingerprint density at radius 2 is 2.00 bits per heavy atom. The number of hydrogen-bond acceptors (Lipinski definition) is 4. The number of aromatic nitrogens is 1. The van der Waals surface area contributed by atoms with Crippen molar-refractivity contribution in [3.8, 4) is 0 Å². The van der Waals surface area contributed by atoms with Crippen LogP contribution in [0.4, 0.5) is 4.79 Å². The smallest absolute Gasteiger partial charge is 0.326 e. The summed E-state index contributed by atoms with van der Waals surface area (Å²) >= 11 is 0. The van der Waals surface area contributed by atoms with Crippen molar-refractivity contribution >= 4 is 12.0 Å². The summed E-state index contributed by atoms with van der Waals surface area (Å²) in [5.74, 6) is 0.224. The van der Waals surface area contributed by atoms with Gasteiger partial charge < -0.3 is 20.2 Å². The lowest BCUT2D eigenvalue weighted by molar-refractivity contribution is -0.139. The average molecular weight is 283 g/mol. The Kier molecular flexibility index (Phi) is 5.54. The third-order valence-corrected chi connectivity index (χ3v) is 2.78. The van der Waals surface area contributed by atoms with Crippen LogP contribution in [0.1, 0.15) is 37.6 Å². The predicted molar refractivity (Wildman–Crippen MR) is 72.2 cm³/mol. The highest BCUT2D eigenvalue weighted by Gasteiger charge is 2.21. The third-order valence-electron chi connectivity index (χ3n) is 2.78. The Morgan fingerprint density at radius 1 is 1.35 bits per heavy atom. The van der Waals surface area contributed by atoms with E-state index in [0.29, 0.717) is 18.1 Å². The van der Waals surface area contributed by atoms with Crippen molar-refractivity contribution in [1.82, 2.24) is 15.6 Å². The minimum absolute atomic E-state index is 0.120. The number of urea groups is 1. The lowest BCUT2D eigenvalue weighted by Gasteiger charge is -2.16. The van der Waals surface area contributed by atoms with Crippen LogP contribution in [0.5, 0.6) is 0 Å². The Labute approximate surface area is 117 Å². The maximum absolute atomic E-state index is 11.6. The van der Waals surface area contributed by atoms with Crippen LogP contribution in [0.15, 0.2) is 4.42 Å². The van der Waals surface area contributed by atoms with Gasteiger partial charge in [-0.1, -0.05) is 13.8 Å². The van der Waals surface area contributed by atoms with Crippen molar-refractivity contribution in [2.24, 2.45) is 5.92 Å². The molecule has 1 aromatic rings. The highest BCUT2D eigenvalue weighted by atomic mass is 16.4. The van der Waals surface area contributed by atoms with Crippen LogP contribution in [0.3, 0.4) is 0 Å². The summed E-state index contributed by atoms with van der Waals surface area (Å²) in [6.45, 7) is 7.51. The minimum atomic E-state index is -1.04. The largest absolute Gasteiger partial charge is 0.480 e. The Bertz CT molecular complexity index is 462. The summed E-state index contributed by atoms with van der Waals surface area (Å²) < 4.78 is 5.31. The maximum atomic E-state index is 11.6. The first-order chi connectivity index (χ1) is 9.29. The van der Waals surface area contributed by atoms with Gasteiger partial charge in [0.2, 0.25) is 5.89 Å². The summed E-state index contributed by atoms with van der Waals surface area (Å²) in [6.07, 6.45) is 0.375. The molecule has 1 atom stereocenters. The van der Waals surface area contributed by atoms with E-state index in [1.54, 1.807) is 6.92 Å². The van der Waals surface area contributed by atoms with Crippen LogP contribution < -0.4 is 10.6 Å². The van der Waals surface area contributed by atoms with E-state index in [-0.39, 0.29) is 12.5 Å². The molecular weight excluding hydrogens is 262 g/mol. The zero-order valence-electron chi connectivity index (χ0n) is 12.2. The molecule has 0 saturated carbocycles. The molecule has 7 nitrogen and oxygen atoms in total. The molecule has 0 radical (unpaired) electrons. The van der Waals surface area contributed by atoms with Crippen molar-refractivity contribution in [2.45, 2.75) is 46.7 Å². The van der Waals surface area contributed by atoms with Gasteiger partial charge in [0, 0.05) is 0 Å². The molecule has 112 valence electrons. The SMILES string of the molecule is Cc1nc(CNC(=O)NC(CC(C)C)C(=O)O)oc1C. The quantitative estimate of drug-likeness (QED) is 0.735. The number of carbonyl (C=O) groups is 2. The molecule has 1 heterocycles. The van der Waals surface area contributed by atoms with Gasteiger partial charge in [-0.05, 0) is 26.2 Å². The van der Waals surface area contributed by atoms with Crippen molar-refractivity contribution < 1.29 is 19.1 Å². The number of hydrogen-bond donors (Lipinski definition) is 3. The van der Waals surface area contributed by atoms with Crippen LogP contribution in [0.2, 0.25) is 0 Å². The summed E-state index contributed by atoms with van der Waals surface area (Å²) in [5.41, 5.74) is 0.769. The van der Waals surface area contributed by atoms with E-state index < -0.39 is 18.0 Å². The van der Waals surface area contributed by atoms with Gasteiger partial charge in [-0.2, -0.15) is 0 Å². The van der Waals surface area contributed by atoms with Gasteiger partial charge in [0.25, 0.3) is 0 Å². The third kappa shape index (κ3) is 4.91. The van der Waals surface area contributed by atoms with E-state index in [0.717, 1.165) is 5.69 Å². The van der Waals surface area contributed by atoms with Gasteiger partial charge in [-0.25, -0.2) is 14.6 Å².